The van der Waals surface area contributed by atoms with Crippen LogP contribution in [0, 0.1) is 6.92 Å². The van der Waals surface area contributed by atoms with E-state index in [0.29, 0.717) is 6.04 Å². The van der Waals surface area contributed by atoms with E-state index in [2.05, 4.69) is 39.6 Å². The standard InChI is InChI=1S/C14H25N5/c1-11-16-13(15-8-9-19(2)3)10-14(17-11)18-12-6-4-5-7-12/h10,12H,4-9H2,1-3H3,(H2,15,16,17,18). The van der Waals surface area contributed by atoms with Gasteiger partial charge < -0.3 is 15.5 Å². The number of hydrogen-bond donors (Lipinski definition) is 2. The van der Waals surface area contributed by atoms with Crippen molar-refractivity contribution in [3.8, 4) is 0 Å². The van der Waals surface area contributed by atoms with E-state index >= 15 is 0 Å². The van der Waals surface area contributed by atoms with Crippen LogP contribution in [0.5, 0.6) is 0 Å². The second-order valence-electron chi connectivity index (χ2n) is 5.54. The molecule has 0 unspecified atom stereocenters. The Bertz CT molecular complexity index is 399. The Labute approximate surface area is 115 Å². The molecule has 5 heteroatoms. The number of nitrogens with one attached hydrogen (secondary N) is 2. The number of rotatable bonds is 6. The quantitative estimate of drug-likeness (QED) is 0.823. The van der Waals surface area contributed by atoms with Gasteiger partial charge >= 0.3 is 0 Å². The van der Waals surface area contributed by atoms with E-state index in [1.807, 2.05) is 13.0 Å². The van der Waals surface area contributed by atoms with Crippen molar-refractivity contribution in [1.29, 1.82) is 0 Å². The predicted molar refractivity (Wildman–Crippen MR) is 79.7 cm³/mol. The molecule has 5 nitrogen and oxygen atoms in total. The Hall–Kier alpha value is -1.36. The average molecular weight is 263 g/mol. The predicted octanol–water partition coefficient (Wildman–Crippen LogP) is 2.11. The number of nitrogens with zero attached hydrogens (tertiary/aromatic N) is 3. The maximum atomic E-state index is 4.47. The lowest BCUT2D eigenvalue weighted by atomic mass is 10.2. The van der Waals surface area contributed by atoms with E-state index in [-0.39, 0.29) is 0 Å². The van der Waals surface area contributed by atoms with E-state index in [4.69, 9.17) is 0 Å². The van der Waals surface area contributed by atoms with Gasteiger partial charge in [-0.05, 0) is 33.9 Å². The van der Waals surface area contributed by atoms with Crippen molar-refractivity contribution in [2.45, 2.75) is 38.6 Å². The van der Waals surface area contributed by atoms with Crippen molar-refractivity contribution in [3.05, 3.63) is 11.9 Å². The molecule has 1 aliphatic rings. The molecule has 1 aromatic heterocycles. The molecule has 1 fully saturated rings. The molecule has 0 radical (unpaired) electrons. The molecule has 0 spiro atoms. The summed E-state index contributed by atoms with van der Waals surface area (Å²) in [6.07, 6.45) is 5.17. The van der Waals surface area contributed by atoms with Gasteiger partial charge in [-0.2, -0.15) is 0 Å². The zero-order valence-corrected chi connectivity index (χ0v) is 12.2. The molecule has 2 rings (SSSR count). The van der Waals surface area contributed by atoms with Crippen molar-refractivity contribution >= 4 is 11.6 Å². The topological polar surface area (TPSA) is 53.1 Å². The Morgan fingerprint density at radius 3 is 2.58 bits per heavy atom. The first-order valence-electron chi connectivity index (χ1n) is 7.14. The molecule has 1 heterocycles. The minimum atomic E-state index is 0.587. The van der Waals surface area contributed by atoms with Crippen LogP contribution in [0.3, 0.4) is 0 Å². The van der Waals surface area contributed by atoms with Crippen LogP contribution < -0.4 is 10.6 Å². The summed E-state index contributed by atoms with van der Waals surface area (Å²) in [5, 5.41) is 6.87. The van der Waals surface area contributed by atoms with Crippen LogP contribution in [0.15, 0.2) is 6.07 Å². The van der Waals surface area contributed by atoms with E-state index in [9.17, 15) is 0 Å². The zero-order chi connectivity index (χ0) is 13.7. The number of anilines is 2. The largest absolute Gasteiger partial charge is 0.369 e. The maximum Gasteiger partial charge on any atom is 0.132 e. The van der Waals surface area contributed by atoms with Crippen LogP contribution in [0.2, 0.25) is 0 Å². The van der Waals surface area contributed by atoms with Crippen LogP contribution in [0.4, 0.5) is 11.6 Å². The smallest absolute Gasteiger partial charge is 0.132 e. The zero-order valence-electron chi connectivity index (χ0n) is 12.2. The van der Waals surface area contributed by atoms with Gasteiger partial charge in [0.25, 0.3) is 0 Å². The van der Waals surface area contributed by atoms with Crippen molar-refractivity contribution in [2.24, 2.45) is 0 Å². The van der Waals surface area contributed by atoms with Gasteiger partial charge in [-0.25, -0.2) is 9.97 Å². The second-order valence-corrected chi connectivity index (χ2v) is 5.54. The number of likely N-dealkylation sites (N-methyl/N-ethyl adjacent to an activating group) is 1. The second kappa shape index (κ2) is 6.70. The molecule has 0 aliphatic heterocycles. The molecule has 0 bridgehead atoms. The van der Waals surface area contributed by atoms with Gasteiger partial charge in [-0.1, -0.05) is 12.8 Å². The third-order valence-corrected chi connectivity index (χ3v) is 3.41. The minimum absolute atomic E-state index is 0.587. The Kier molecular flexibility index (Phi) is 4.96. The molecule has 0 amide bonds. The van der Waals surface area contributed by atoms with Gasteiger partial charge in [0.05, 0.1) is 0 Å². The fourth-order valence-corrected chi connectivity index (χ4v) is 2.42. The van der Waals surface area contributed by atoms with Crippen LogP contribution in [-0.4, -0.2) is 48.1 Å². The molecule has 19 heavy (non-hydrogen) atoms. The first kappa shape index (κ1) is 14.1. The highest BCUT2D eigenvalue weighted by molar-refractivity contribution is 5.48. The fourth-order valence-electron chi connectivity index (χ4n) is 2.42. The van der Waals surface area contributed by atoms with Crippen LogP contribution in [-0.2, 0) is 0 Å². The maximum absolute atomic E-state index is 4.47. The molecule has 0 aromatic carbocycles. The van der Waals surface area contributed by atoms with Crippen molar-refractivity contribution in [2.75, 3.05) is 37.8 Å². The summed E-state index contributed by atoms with van der Waals surface area (Å²) < 4.78 is 0. The fraction of sp³-hybridized carbons (Fsp3) is 0.714. The highest BCUT2D eigenvalue weighted by Crippen LogP contribution is 2.22. The molecular formula is C14H25N5. The molecule has 106 valence electrons. The highest BCUT2D eigenvalue weighted by Gasteiger charge is 2.15. The van der Waals surface area contributed by atoms with Crippen LogP contribution in [0.25, 0.3) is 0 Å². The lowest BCUT2D eigenvalue weighted by Gasteiger charge is -2.15. The average Bonchev–Trinajstić information content (AvgIpc) is 2.80. The summed E-state index contributed by atoms with van der Waals surface area (Å²) in [5.74, 6) is 2.68. The van der Waals surface area contributed by atoms with Gasteiger partial charge in [0.2, 0.25) is 0 Å². The first-order chi connectivity index (χ1) is 9.13. The summed E-state index contributed by atoms with van der Waals surface area (Å²) in [4.78, 5) is 11.0. The van der Waals surface area contributed by atoms with Crippen LogP contribution >= 0.6 is 0 Å². The Balaban J connectivity index is 1.93. The number of hydrogen-bond acceptors (Lipinski definition) is 5. The first-order valence-corrected chi connectivity index (χ1v) is 7.14. The lowest BCUT2D eigenvalue weighted by molar-refractivity contribution is 0.425. The summed E-state index contributed by atoms with van der Waals surface area (Å²) in [7, 11) is 4.14. The molecule has 2 N–H and O–H groups in total. The summed E-state index contributed by atoms with van der Waals surface area (Å²) in [6.45, 7) is 3.83. The van der Waals surface area contributed by atoms with Crippen molar-refractivity contribution in [1.82, 2.24) is 14.9 Å². The van der Waals surface area contributed by atoms with Gasteiger partial charge in [-0.15, -0.1) is 0 Å². The number of aromatic nitrogens is 2. The van der Waals surface area contributed by atoms with E-state index < -0.39 is 0 Å². The van der Waals surface area contributed by atoms with E-state index in [1.54, 1.807) is 0 Å². The SMILES string of the molecule is Cc1nc(NCCN(C)C)cc(NC2CCCC2)n1. The third-order valence-electron chi connectivity index (χ3n) is 3.41. The molecule has 0 saturated heterocycles. The monoisotopic (exact) mass is 263 g/mol. The molecule has 1 saturated carbocycles. The van der Waals surface area contributed by atoms with Crippen molar-refractivity contribution < 1.29 is 0 Å². The van der Waals surface area contributed by atoms with E-state index in [1.165, 1.54) is 25.7 Å². The molecule has 1 aromatic rings. The normalized spacial score (nSPS) is 16.0. The Morgan fingerprint density at radius 2 is 1.89 bits per heavy atom. The third kappa shape index (κ3) is 4.67. The molecule has 1 aliphatic carbocycles. The lowest BCUT2D eigenvalue weighted by Crippen LogP contribution is -2.21. The van der Waals surface area contributed by atoms with Gasteiger partial charge in [0, 0.05) is 25.2 Å². The summed E-state index contributed by atoms with van der Waals surface area (Å²) in [5.41, 5.74) is 0. The van der Waals surface area contributed by atoms with Crippen LogP contribution in [0.1, 0.15) is 31.5 Å². The number of aryl methyl sites for hydroxylation is 1. The van der Waals surface area contributed by atoms with Gasteiger partial charge in [-0.3, -0.25) is 0 Å². The summed E-state index contributed by atoms with van der Waals surface area (Å²) in [6, 6.07) is 2.60. The summed E-state index contributed by atoms with van der Waals surface area (Å²) >= 11 is 0. The highest BCUT2D eigenvalue weighted by atomic mass is 15.1. The molecule has 0 atom stereocenters. The van der Waals surface area contributed by atoms with Gasteiger partial charge in [0.15, 0.2) is 0 Å². The minimum Gasteiger partial charge on any atom is -0.369 e. The van der Waals surface area contributed by atoms with Gasteiger partial charge in [0.1, 0.15) is 17.5 Å². The van der Waals surface area contributed by atoms with Crippen molar-refractivity contribution in [3.63, 3.8) is 0 Å². The molecular weight excluding hydrogens is 238 g/mol. The Morgan fingerprint density at radius 1 is 1.21 bits per heavy atom. The van der Waals surface area contributed by atoms with E-state index in [0.717, 1.165) is 30.5 Å².